The monoisotopic (exact) mass is 227 g/mol. The van der Waals surface area contributed by atoms with E-state index in [1.807, 2.05) is 0 Å². The number of carbonyl (C=O) groups excluding carboxylic acids is 1. The molecule has 0 aromatic heterocycles. The van der Waals surface area contributed by atoms with Gasteiger partial charge in [-0.3, -0.25) is 4.79 Å². The number of carbonyl (C=O) groups is 2. The molecule has 0 atom stereocenters. The molecule has 0 aliphatic heterocycles. The van der Waals surface area contributed by atoms with Crippen LogP contribution in [0.4, 0.5) is 4.79 Å². The van der Waals surface area contributed by atoms with E-state index in [0.29, 0.717) is 31.4 Å². The van der Waals surface area contributed by atoms with Crippen molar-refractivity contribution in [1.29, 1.82) is 0 Å². The number of hydrogen-bond donors (Lipinski definition) is 2. The first kappa shape index (κ1) is 12.5. The Kier molecular flexibility index (Phi) is 4.34. The molecule has 1 aliphatic rings. The highest BCUT2D eigenvalue weighted by atomic mass is 16.6. The minimum Gasteiger partial charge on any atom is -0.481 e. The molecule has 1 aliphatic carbocycles. The van der Waals surface area contributed by atoms with Crippen LogP contribution in [-0.4, -0.2) is 23.2 Å². The van der Waals surface area contributed by atoms with Crippen LogP contribution in [0.1, 0.15) is 32.6 Å². The van der Waals surface area contributed by atoms with E-state index in [0.717, 1.165) is 0 Å². The van der Waals surface area contributed by atoms with Gasteiger partial charge in [-0.2, -0.15) is 0 Å². The van der Waals surface area contributed by atoms with Gasteiger partial charge in [0.25, 0.3) is 0 Å². The minimum atomic E-state index is -0.747. The Hall–Kier alpha value is -1.52. The van der Waals surface area contributed by atoms with E-state index in [1.54, 1.807) is 6.92 Å². The van der Waals surface area contributed by atoms with Gasteiger partial charge in [0.05, 0.1) is 11.7 Å². The maximum Gasteiger partial charge on any atom is 0.412 e. The number of carboxylic acid groups (broad SMARTS) is 1. The van der Waals surface area contributed by atoms with Crippen molar-refractivity contribution in [3.63, 3.8) is 0 Å². The van der Waals surface area contributed by atoms with Gasteiger partial charge in [0.15, 0.2) is 0 Å². The highest BCUT2D eigenvalue weighted by Crippen LogP contribution is 2.24. The van der Waals surface area contributed by atoms with Crippen molar-refractivity contribution in [1.82, 2.24) is 5.32 Å². The van der Waals surface area contributed by atoms with E-state index >= 15 is 0 Å². The van der Waals surface area contributed by atoms with Crippen molar-refractivity contribution in [2.24, 2.45) is 5.92 Å². The summed E-state index contributed by atoms with van der Waals surface area (Å²) in [7, 11) is 0. The summed E-state index contributed by atoms with van der Waals surface area (Å²) >= 11 is 0. The van der Waals surface area contributed by atoms with Gasteiger partial charge in [-0.15, -0.1) is 0 Å². The van der Waals surface area contributed by atoms with Crippen molar-refractivity contribution in [3.05, 3.63) is 12.3 Å². The molecule has 2 N–H and O–H groups in total. The number of ether oxygens (including phenoxy) is 1. The predicted molar refractivity (Wildman–Crippen MR) is 57.8 cm³/mol. The molecule has 1 amide bonds. The number of amides is 1. The standard InChI is InChI=1S/C11H17NO4/c1-7(2)16-11(15)12-9-5-3-8(4-6-9)10(13)14/h8-9H,1,3-6H2,2H3,(H,12,15)(H,13,14). The van der Waals surface area contributed by atoms with Crippen molar-refractivity contribution < 1.29 is 19.4 Å². The lowest BCUT2D eigenvalue weighted by atomic mass is 9.86. The van der Waals surface area contributed by atoms with E-state index in [-0.39, 0.29) is 12.0 Å². The van der Waals surface area contributed by atoms with E-state index < -0.39 is 12.1 Å². The van der Waals surface area contributed by atoms with E-state index in [2.05, 4.69) is 11.9 Å². The topological polar surface area (TPSA) is 75.6 Å². The van der Waals surface area contributed by atoms with Gasteiger partial charge in [-0.25, -0.2) is 4.79 Å². The SMILES string of the molecule is C=C(C)OC(=O)NC1CCC(C(=O)O)CC1. The molecule has 0 spiro atoms. The lowest BCUT2D eigenvalue weighted by molar-refractivity contribution is -0.142. The summed E-state index contributed by atoms with van der Waals surface area (Å²) in [6, 6.07) is 0.0162. The lowest BCUT2D eigenvalue weighted by Gasteiger charge is -2.26. The predicted octanol–water partition coefficient (Wildman–Crippen LogP) is 1.89. The number of nitrogens with one attached hydrogen (secondary N) is 1. The summed E-state index contributed by atoms with van der Waals surface area (Å²) in [4.78, 5) is 21.9. The van der Waals surface area contributed by atoms with E-state index in [1.165, 1.54) is 0 Å². The molecular weight excluding hydrogens is 210 g/mol. The van der Waals surface area contributed by atoms with Crippen molar-refractivity contribution in [2.45, 2.75) is 38.6 Å². The van der Waals surface area contributed by atoms with Crippen molar-refractivity contribution in [3.8, 4) is 0 Å². The molecular formula is C11H17NO4. The number of hydrogen-bond acceptors (Lipinski definition) is 3. The second-order valence-corrected chi connectivity index (χ2v) is 4.12. The van der Waals surface area contributed by atoms with Gasteiger partial charge in [0, 0.05) is 6.04 Å². The fourth-order valence-corrected chi connectivity index (χ4v) is 1.84. The van der Waals surface area contributed by atoms with Crippen LogP contribution in [0.5, 0.6) is 0 Å². The molecule has 0 bridgehead atoms. The Morgan fingerprint density at radius 1 is 1.31 bits per heavy atom. The summed E-state index contributed by atoms with van der Waals surface area (Å²) in [5.41, 5.74) is 0. The van der Waals surface area contributed by atoms with Crippen molar-refractivity contribution in [2.75, 3.05) is 0 Å². The molecule has 16 heavy (non-hydrogen) atoms. The van der Waals surface area contributed by atoms with E-state index in [9.17, 15) is 9.59 Å². The number of allylic oxidation sites excluding steroid dienone is 1. The Morgan fingerprint density at radius 3 is 2.31 bits per heavy atom. The van der Waals surface area contributed by atoms with Gasteiger partial charge in [0.2, 0.25) is 0 Å². The molecule has 0 radical (unpaired) electrons. The first-order valence-corrected chi connectivity index (χ1v) is 5.35. The molecule has 0 aromatic carbocycles. The summed E-state index contributed by atoms with van der Waals surface area (Å²) < 4.78 is 4.77. The minimum absolute atomic E-state index is 0.0162. The zero-order valence-electron chi connectivity index (χ0n) is 9.36. The Morgan fingerprint density at radius 2 is 1.88 bits per heavy atom. The van der Waals surface area contributed by atoms with Gasteiger partial charge in [-0.05, 0) is 32.6 Å². The molecule has 0 heterocycles. The van der Waals surface area contributed by atoms with Crippen LogP contribution in [-0.2, 0) is 9.53 Å². The molecule has 1 fully saturated rings. The zero-order valence-corrected chi connectivity index (χ0v) is 9.36. The smallest absolute Gasteiger partial charge is 0.412 e. The Labute approximate surface area is 94.5 Å². The Bertz CT molecular complexity index is 292. The second kappa shape index (κ2) is 5.53. The molecule has 0 aromatic rings. The normalized spacial score (nSPS) is 24.6. The summed E-state index contributed by atoms with van der Waals surface area (Å²) in [6.45, 7) is 5.06. The summed E-state index contributed by atoms with van der Waals surface area (Å²) in [5.74, 6) is -0.671. The fourth-order valence-electron chi connectivity index (χ4n) is 1.84. The summed E-state index contributed by atoms with van der Waals surface area (Å²) in [5, 5.41) is 11.5. The lowest BCUT2D eigenvalue weighted by Crippen LogP contribution is -2.38. The molecule has 0 unspecified atom stereocenters. The molecule has 0 saturated heterocycles. The molecule has 5 heteroatoms. The maximum atomic E-state index is 11.2. The van der Waals surface area contributed by atoms with Crippen LogP contribution in [0.25, 0.3) is 0 Å². The highest BCUT2D eigenvalue weighted by molar-refractivity contribution is 5.70. The van der Waals surface area contributed by atoms with Gasteiger partial charge in [0.1, 0.15) is 0 Å². The first-order valence-electron chi connectivity index (χ1n) is 5.35. The molecule has 5 nitrogen and oxygen atoms in total. The fraction of sp³-hybridized carbons (Fsp3) is 0.636. The van der Waals surface area contributed by atoms with E-state index in [4.69, 9.17) is 9.84 Å². The maximum absolute atomic E-state index is 11.2. The van der Waals surface area contributed by atoms with Crippen LogP contribution >= 0.6 is 0 Å². The zero-order chi connectivity index (χ0) is 12.1. The van der Waals surface area contributed by atoms with Gasteiger partial charge < -0.3 is 15.2 Å². The number of alkyl carbamates (subject to hydrolysis) is 1. The molecule has 1 rings (SSSR count). The van der Waals surface area contributed by atoms with Gasteiger partial charge >= 0.3 is 12.1 Å². The Balaban J connectivity index is 2.29. The first-order chi connectivity index (χ1) is 7.49. The second-order valence-electron chi connectivity index (χ2n) is 4.12. The van der Waals surface area contributed by atoms with Crippen LogP contribution in [0.15, 0.2) is 12.3 Å². The largest absolute Gasteiger partial charge is 0.481 e. The molecule has 1 saturated carbocycles. The van der Waals surface area contributed by atoms with Crippen molar-refractivity contribution >= 4 is 12.1 Å². The highest BCUT2D eigenvalue weighted by Gasteiger charge is 2.26. The van der Waals surface area contributed by atoms with Crippen LogP contribution in [0, 0.1) is 5.92 Å². The average Bonchev–Trinajstić information content (AvgIpc) is 2.16. The molecule has 90 valence electrons. The number of aliphatic carboxylic acids is 1. The third-order valence-corrected chi connectivity index (χ3v) is 2.67. The van der Waals surface area contributed by atoms with Crippen LogP contribution in [0.3, 0.4) is 0 Å². The van der Waals surface area contributed by atoms with Crippen LogP contribution in [0.2, 0.25) is 0 Å². The quantitative estimate of drug-likeness (QED) is 0.722. The number of carboxylic acids is 1. The number of rotatable bonds is 3. The van der Waals surface area contributed by atoms with Crippen LogP contribution < -0.4 is 5.32 Å². The van der Waals surface area contributed by atoms with Gasteiger partial charge in [-0.1, -0.05) is 6.58 Å². The third kappa shape index (κ3) is 3.92. The third-order valence-electron chi connectivity index (χ3n) is 2.67. The average molecular weight is 227 g/mol. The summed E-state index contributed by atoms with van der Waals surface area (Å²) in [6.07, 6.45) is 2.07.